The summed E-state index contributed by atoms with van der Waals surface area (Å²) in [6.07, 6.45) is 1.75. The minimum Gasteiger partial charge on any atom is -0.467 e. The molecule has 0 N–H and O–H groups in total. The van der Waals surface area contributed by atoms with E-state index in [0.29, 0.717) is 6.01 Å². The third-order valence-corrected chi connectivity index (χ3v) is 2.77. The molecule has 5 heteroatoms. The lowest BCUT2D eigenvalue weighted by Gasteiger charge is -2.04. The number of methoxy groups -OCH3 is 1. The van der Waals surface area contributed by atoms with Crippen LogP contribution >= 0.6 is 0 Å². The van der Waals surface area contributed by atoms with Gasteiger partial charge in [0.1, 0.15) is 11.8 Å². The highest BCUT2D eigenvalue weighted by Gasteiger charge is 2.11. The molecule has 0 saturated heterocycles. The van der Waals surface area contributed by atoms with E-state index in [9.17, 15) is 0 Å². The first-order chi connectivity index (χ1) is 8.79. The zero-order valence-corrected chi connectivity index (χ0v) is 10.2. The van der Waals surface area contributed by atoms with Crippen LogP contribution in [0.1, 0.15) is 5.69 Å². The summed E-state index contributed by atoms with van der Waals surface area (Å²) >= 11 is 0. The van der Waals surface area contributed by atoms with Gasteiger partial charge in [-0.3, -0.25) is 4.57 Å². The second-order valence-electron chi connectivity index (χ2n) is 3.92. The van der Waals surface area contributed by atoms with Crippen molar-refractivity contribution in [1.29, 1.82) is 0 Å². The highest BCUT2D eigenvalue weighted by molar-refractivity contribution is 5.75. The van der Waals surface area contributed by atoms with Gasteiger partial charge in [-0.05, 0) is 19.1 Å². The maximum Gasteiger partial charge on any atom is 0.318 e. The Morgan fingerprint density at radius 1 is 1.11 bits per heavy atom. The second-order valence-corrected chi connectivity index (χ2v) is 3.92. The zero-order valence-electron chi connectivity index (χ0n) is 10.2. The number of nitrogens with zero attached hydrogens (tertiary/aromatic N) is 4. The number of aryl methyl sites for hydroxylation is 1. The van der Waals surface area contributed by atoms with E-state index < -0.39 is 0 Å². The fraction of sp³-hybridized carbons (Fsp3) is 0.154. The number of fused-ring (bicyclic) bond motifs is 1. The molecule has 90 valence electrons. The Labute approximate surface area is 104 Å². The minimum atomic E-state index is 0.359. The standard InChI is InChI=1S/C13H12N4O/c1-9-11-12(16-13(15-9)18-2)17(8-14-11)10-6-4-3-5-7-10/h3-8H,1-2H3. The van der Waals surface area contributed by atoms with E-state index in [-0.39, 0.29) is 0 Å². The summed E-state index contributed by atoms with van der Waals surface area (Å²) in [6, 6.07) is 10.3. The molecule has 2 aromatic heterocycles. The van der Waals surface area contributed by atoms with Gasteiger partial charge >= 0.3 is 6.01 Å². The highest BCUT2D eigenvalue weighted by Crippen LogP contribution is 2.20. The van der Waals surface area contributed by atoms with Gasteiger partial charge in [-0.25, -0.2) is 4.98 Å². The summed E-state index contributed by atoms with van der Waals surface area (Å²) in [6.45, 7) is 1.90. The Bertz CT molecular complexity index is 691. The zero-order chi connectivity index (χ0) is 12.5. The van der Waals surface area contributed by atoms with Gasteiger partial charge in [0, 0.05) is 5.69 Å². The lowest BCUT2D eigenvalue weighted by molar-refractivity contribution is 0.380. The first-order valence-corrected chi connectivity index (χ1v) is 5.60. The van der Waals surface area contributed by atoms with Gasteiger partial charge in [0.25, 0.3) is 0 Å². The van der Waals surface area contributed by atoms with E-state index in [4.69, 9.17) is 4.74 Å². The molecule has 0 bridgehead atoms. The van der Waals surface area contributed by atoms with E-state index in [1.54, 1.807) is 13.4 Å². The smallest absolute Gasteiger partial charge is 0.318 e. The van der Waals surface area contributed by atoms with E-state index in [1.165, 1.54) is 0 Å². The molecular weight excluding hydrogens is 228 g/mol. The van der Waals surface area contributed by atoms with Crippen LogP contribution in [-0.2, 0) is 0 Å². The van der Waals surface area contributed by atoms with Crippen molar-refractivity contribution in [2.45, 2.75) is 6.92 Å². The highest BCUT2D eigenvalue weighted by atomic mass is 16.5. The number of hydrogen-bond acceptors (Lipinski definition) is 4. The minimum absolute atomic E-state index is 0.359. The Morgan fingerprint density at radius 2 is 1.89 bits per heavy atom. The van der Waals surface area contributed by atoms with E-state index >= 15 is 0 Å². The number of ether oxygens (including phenoxy) is 1. The Hall–Kier alpha value is -2.43. The number of hydrogen-bond donors (Lipinski definition) is 0. The van der Waals surface area contributed by atoms with E-state index in [1.807, 2.05) is 41.8 Å². The van der Waals surface area contributed by atoms with Crippen molar-refractivity contribution >= 4 is 11.2 Å². The molecule has 0 amide bonds. The van der Waals surface area contributed by atoms with Crippen LogP contribution in [0.4, 0.5) is 0 Å². The van der Waals surface area contributed by atoms with Gasteiger partial charge in [0.2, 0.25) is 0 Å². The first kappa shape index (κ1) is 10.7. The predicted octanol–water partition coefficient (Wildman–Crippen LogP) is 2.13. The Kier molecular flexibility index (Phi) is 2.44. The van der Waals surface area contributed by atoms with Crippen LogP contribution in [0.3, 0.4) is 0 Å². The summed E-state index contributed by atoms with van der Waals surface area (Å²) < 4.78 is 7.02. The molecule has 0 radical (unpaired) electrons. The molecule has 0 atom stereocenters. The lowest BCUT2D eigenvalue weighted by atomic mass is 10.3. The fourth-order valence-corrected chi connectivity index (χ4v) is 1.88. The SMILES string of the molecule is COc1nc(C)c2ncn(-c3ccccc3)c2n1. The third kappa shape index (κ3) is 1.60. The Balaban J connectivity index is 2.28. The quantitative estimate of drug-likeness (QED) is 0.688. The van der Waals surface area contributed by atoms with Gasteiger partial charge in [-0.2, -0.15) is 9.97 Å². The van der Waals surface area contributed by atoms with Crippen molar-refractivity contribution in [2.24, 2.45) is 0 Å². The van der Waals surface area contributed by atoms with Gasteiger partial charge < -0.3 is 4.74 Å². The Morgan fingerprint density at radius 3 is 2.61 bits per heavy atom. The summed E-state index contributed by atoms with van der Waals surface area (Å²) in [5.74, 6) is 0. The maximum absolute atomic E-state index is 5.10. The molecule has 0 aliphatic rings. The molecule has 0 fully saturated rings. The lowest BCUT2D eigenvalue weighted by Crippen LogP contribution is -1.98. The number of imidazole rings is 1. The van der Waals surface area contributed by atoms with Gasteiger partial charge in [0.05, 0.1) is 12.8 Å². The van der Waals surface area contributed by atoms with Crippen molar-refractivity contribution in [3.63, 3.8) is 0 Å². The molecule has 0 spiro atoms. The first-order valence-electron chi connectivity index (χ1n) is 5.60. The number of para-hydroxylation sites is 1. The molecule has 0 aliphatic carbocycles. The van der Waals surface area contributed by atoms with Gasteiger partial charge in [-0.1, -0.05) is 18.2 Å². The largest absolute Gasteiger partial charge is 0.467 e. The van der Waals surface area contributed by atoms with E-state index in [0.717, 1.165) is 22.5 Å². The van der Waals surface area contributed by atoms with Crippen LogP contribution in [0.25, 0.3) is 16.9 Å². The van der Waals surface area contributed by atoms with Crippen LogP contribution in [0.5, 0.6) is 6.01 Å². The topological polar surface area (TPSA) is 52.8 Å². The van der Waals surface area contributed by atoms with Crippen LogP contribution in [0, 0.1) is 6.92 Å². The summed E-state index contributed by atoms with van der Waals surface area (Å²) in [4.78, 5) is 12.9. The molecule has 3 aromatic rings. The second kappa shape index (κ2) is 4.10. The van der Waals surface area contributed by atoms with Crippen LogP contribution in [-0.4, -0.2) is 26.6 Å². The molecule has 5 nitrogen and oxygen atoms in total. The van der Waals surface area contributed by atoms with Crippen LogP contribution in [0.2, 0.25) is 0 Å². The number of rotatable bonds is 2. The summed E-state index contributed by atoms with van der Waals surface area (Å²) in [7, 11) is 1.56. The predicted molar refractivity (Wildman–Crippen MR) is 67.9 cm³/mol. The van der Waals surface area contributed by atoms with Gasteiger partial charge in [-0.15, -0.1) is 0 Å². The molecular formula is C13H12N4O. The van der Waals surface area contributed by atoms with Gasteiger partial charge in [0.15, 0.2) is 5.65 Å². The van der Waals surface area contributed by atoms with Crippen molar-refractivity contribution in [3.8, 4) is 11.7 Å². The van der Waals surface area contributed by atoms with Crippen molar-refractivity contribution < 1.29 is 4.74 Å². The average molecular weight is 240 g/mol. The van der Waals surface area contributed by atoms with Crippen molar-refractivity contribution in [3.05, 3.63) is 42.4 Å². The number of aromatic nitrogens is 4. The molecule has 3 rings (SSSR count). The molecule has 1 aromatic carbocycles. The monoisotopic (exact) mass is 240 g/mol. The maximum atomic E-state index is 5.10. The average Bonchev–Trinajstić information content (AvgIpc) is 2.84. The van der Waals surface area contributed by atoms with Crippen molar-refractivity contribution in [1.82, 2.24) is 19.5 Å². The summed E-state index contributed by atoms with van der Waals surface area (Å²) in [5, 5.41) is 0. The molecule has 2 heterocycles. The molecule has 0 unspecified atom stereocenters. The van der Waals surface area contributed by atoms with E-state index in [2.05, 4.69) is 15.0 Å². The normalized spacial score (nSPS) is 10.8. The molecule has 18 heavy (non-hydrogen) atoms. The van der Waals surface area contributed by atoms with Crippen LogP contribution < -0.4 is 4.74 Å². The van der Waals surface area contributed by atoms with Crippen LogP contribution in [0.15, 0.2) is 36.7 Å². The number of benzene rings is 1. The van der Waals surface area contributed by atoms with Crippen molar-refractivity contribution in [2.75, 3.05) is 7.11 Å². The molecule has 0 aliphatic heterocycles. The summed E-state index contributed by atoms with van der Waals surface area (Å²) in [5.41, 5.74) is 3.37. The fourth-order valence-electron chi connectivity index (χ4n) is 1.88. The third-order valence-electron chi connectivity index (χ3n) is 2.77. The molecule has 0 saturated carbocycles.